The molecule has 1 aromatic heterocycles. The molecule has 3 atom stereocenters. The molecular weight excluding hydrogens is 374 g/mol. The van der Waals surface area contributed by atoms with Gasteiger partial charge in [-0.1, -0.05) is 30.3 Å². The smallest absolute Gasteiger partial charge is 0.251 e. The third kappa shape index (κ3) is 2.82. The van der Waals surface area contributed by atoms with E-state index in [1.165, 1.54) is 5.56 Å². The van der Waals surface area contributed by atoms with Crippen molar-refractivity contribution < 1.29 is 4.79 Å². The van der Waals surface area contributed by atoms with Gasteiger partial charge in [-0.05, 0) is 23.8 Å². The molecule has 2 unspecified atom stereocenters. The standard InChI is InChI=1S/C24H25N5O/c30-23(17-6-7-20-21(12-17)26-9-8-25-20)27-22-18-13-28-10-11-29(14-18)16-24(22,15-28)19-4-2-1-3-5-19/h1-9,12,18,22H,10-11,13-16H2,(H,27,30)/t18?,22-,24?/m1/s1. The van der Waals surface area contributed by atoms with Crippen molar-refractivity contribution in [3.05, 3.63) is 72.1 Å². The Balaban J connectivity index is 1.37. The van der Waals surface area contributed by atoms with E-state index in [9.17, 15) is 4.79 Å². The minimum atomic E-state index is -0.0781. The third-order valence-corrected chi connectivity index (χ3v) is 7.16. The Morgan fingerprint density at radius 2 is 1.63 bits per heavy atom. The largest absolute Gasteiger partial charge is 0.348 e. The zero-order valence-corrected chi connectivity index (χ0v) is 16.9. The van der Waals surface area contributed by atoms with Crippen LogP contribution in [0, 0.1) is 5.92 Å². The summed E-state index contributed by atoms with van der Waals surface area (Å²) in [7, 11) is 0. The first-order chi connectivity index (χ1) is 14.7. The summed E-state index contributed by atoms with van der Waals surface area (Å²) in [4.78, 5) is 27.2. The zero-order valence-electron chi connectivity index (χ0n) is 16.9. The maximum absolute atomic E-state index is 13.4. The molecule has 0 saturated carbocycles. The molecule has 1 amide bonds. The normalized spacial score (nSPS) is 32.1. The summed E-state index contributed by atoms with van der Waals surface area (Å²) in [5, 5.41) is 3.47. The fourth-order valence-electron chi connectivity index (χ4n) is 5.90. The molecular formula is C24H25N5O. The number of nitrogens with one attached hydrogen (secondary N) is 1. The monoisotopic (exact) mass is 399 g/mol. The number of hydrogen-bond acceptors (Lipinski definition) is 5. The van der Waals surface area contributed by atoms with Gasteiger partial charge >= 0.3 is 0 Å². The number of rotatable bonds is 3. The van der Waals surface area contributed by atoms with Crippen LogP contribution in [0.4, 0.5) is 0 Å². The summed E-state index contributed by atoms with van der Waals surface area (Å²) >= 11 is 0. The zero-order chi connectivity index (χ0) is 20.1. The molecule has 2 aromatic carbocycles. The van der Waals surface area contributed by atoms with E-state index in [4.69, 9.17) is 0 Å². The number of benzene rings is 2. The summed E-state index contributed by atoms with van der Waals surface area (Å²) in [6.07, 6.45) is 3.34. The van der Waals surface area contributed by atoms with Crippen molar-refractivity contribution in [1.29, 1.82) is 0 Å². The van der Waals surface area contributed by atoms with Crippen LogP contribution < -0.4 is 5.32 Å². The highest BCUT2D eigenvalue weighted by atomic mass is 16.1. The molecule has 7 rings (SSSR count). The molecule has 4 aliphatic rings. The number of nitrogens with zero attached hydrogens (tertiary/aromatic N) is 4. The topological polar surface area (TPSA) is 61.4 Å². The molecule has 4 saturated heterocycles. The van der Waals surface area contributed by atoms with Gasteiger partial charge in [0.05, 0.1) is 11.0 Å². The Kier molecular flexibility index (Phi) is 4.11. The Labute approximate surface area is 175 Å². The van der Waals surface area contributed by atoms with Gasteiger partial charge in [0, 0.05) is 74.6 Å². The third-order valence-electron chi connectivity index (χ3n) is 7.16. The van der Waals surface area contributed by atoms with Gasteiger partial charge in [0.1, 0.15) is 0 Å². The minimum absolute atomic E-state index is 0.0148. The summed E-state index contributed by atoms with van der Waals surface area (Å²) in [5.41, 5.74) is 3.47. The Hall–Kier alpha value is -2.83. The van der Waals surface area contributed by atoms with Crippen LogP contribution in [0.1, 0.15) is 15.9 Å². The van der Waals surface area contributed by atoms with Crippen LogP contribution in [0.5, 0.6) is 0 Å². The second kappa shape index (κ2) is 6.86. The van der Waals surface area contributed by atoms with Crippen molar-refractivity contribution in [1.82, 2.24) is 25.1 Å². The highest BCUT2D eigenvalue weighted by molar-refractivity contribution is 5.97. The van der Waals surface area contributed by atoms with E-state index in [-0.39, 0.29) is 17.4 Å². The number of aromatic nitrogens is 2. The summed E-state index contributed by atoms with van der Waals surface area (Å²) < 4.78 is 0. The molecule has 30 heavy (non-hydrogen) atoms. The van der Waals surface area contributed by atoms with Crippen LogP contribution in [-0.4, -0.2) is 71.0 Å². The van der Waals surface area contributed by atoms with Gasteiger partial charge in [-0.25, -0.2) is 0 Å². The van der Waals surface area contributed by atoms with Crippen LogP contribution in [0.3, 0.4) is 0 Å². The molecule has 0 spiro atoms. The molecule has 152 valence electrons. The maximum Gasteiger partial charge on any atom is 0.251 e. The van der Waals surface area contributed by atoms with Crippen LogP contribution in [-0.2, 0) is 5.41 Å². The van der Waals surface area contributed by atoms with Crippen molar-refractivity contribution in [2.75, 3.05) is 39.3 Å². The summed E-state index contributed by atoms with van der Waals surface area (Å²) in [6.45, 7) is 6.35. The van der Waals surface area contributed by atoms with Gasteiger partial charge < -0.3 is 15.1 Å². The number of fused-ring (bicyclic) bond motifs is 2. The Morgan fingerprint density at radius 1 is 0.933 bits per heavy atom. The van der Waals surface area contributed by atoms with Crippen molar-refractivity contribution in [2.24, 2.45) is 5.92 Å². The van der Waals surface area contributed by atoms with Crippen LogP contribution in [0.2, 0.25) is 0 Å². The number of carbonyl (C=O) groups excluding carboxylic acids is 1. The lowest BCUT2D eigenvalue weighted by Crippen LogP contribution is -2.70. The van der Waals surface area contributed by atoms with E-state index in [0.29, 0.717) is 11.5 Å². The van der Waals surface area contributed by atoms with Gasteiger partial charge in [-0.15, -0.1) is 0 Å². The molecule has 0 aliphatic carbocycles. The second-order valence-electron chi connectivity index (χ2n) is 8.96. The van der Waals surface area contributed by atoms with E-state index >= 15 is 0 Å². The molecule has 4 fully saturated rings. The molecule has 6 heteroatoms. The fraction of sp³-hybridized carbons (Fsp3) is 0.375. The van der Waals surface area contributed by atoms with E-state index in [1.807, 2.05) is 18.2 Å². The van der Waals surface area contributed by atoms with Gasteiger partial charge in [0.2, 0.25) is 0 Å². The van der Waals surface area contributed by atoms with Gasteiger partial charge in [0.25, 0.3) is 5.91 Å². The van der Waals surface area contributed by atoms with Crippen LogP contribution >= 0.6 is 0 Å². The van der Waals surface area contributed by atoms with E-state index < -0.39 is 0 Å². The lowest BCUT2D eigenvalue weighted by molar-refractivity contribution is 0.0180. The first kappa shape index (κ1) is 18.0. The quantitative estimate of drug-likeness (QED) is 0.729. The number of hydrogen-bond donors (Lipinski definition) is 1. The average molecular weight is 399 g/mol. The van der Waals surface area contributed by atoms with Crippen molar-refractivity contribution in [3.63, 3.8) is 0 Å². The lowest BCUT2D eigenvalue weighted by atomic mass is 9.64. The van der Waals surface area contributed by atoms with Crippen LogP contribution in [0.25, 0.3) is 11.0 Å². The average Bonchev–Trinajstić information content (AvgIpc) is 3.04. The molecule has 4 aliphatic heterocycles. The SMILES string of the molecule is O=C(N[C@@H]1C2CN3CCN(C2)CC1(c1ccccc1)C3)c1ccc2nccnc2c1. The highest BCUT2D eigenvalue weighted by Crippen LogP contribution is 2.43. The molecule has 1 N–H and O–H groups in total. The van der Waals surface area contributed by atoms with Crippen molar-refractivity contribution in [2.45, 2.75) is 11.5 Å². The molecule has 3 aromatic rings. The first-order valence-electron chi connectivity index (χ1n) is 10.7. The van der Waals surface area contributed by atoms with Crippen molar-refractivity contribution >= 4 is 16.9 Å². The van der Waals surface area contributed by atoms with Crippen LogP contribution in [0.15, 0.2) is 60.9 Å². The lowest BCUT2D eigenvalue weighted by Gasteiger charge is -2.55. The Bertz CT molecular complexity index is 1080. The van der Waals surface area contributed by atoms with E-state index in [2.05, 4.69) is 55.4 Å². The van der Waals surface area contributed by atoms with Gasteiger partial charge in [-0.3, -0.25) is 14.8 Å². The number of carbonyl (C=O) groups is 1. The second-order valence-corrected chi connectivity index (χ2v) is 8.96. The Morgan fingerprint density at radius 3 is 2.37 bits per heavy atom. The molecule has 5 heterocycles. The van der Waals surface area contributed by atoms with Gasteiger partial charge in [0.15, 0.2) is 0 Å². The fourth-order valence-corrected chi connectivity index (χ4v) is 5.90. The maximum atomic E-state index is 13.4. The first-order valence-corrected chi connectivity index (χ1v) is 10.7. The number of piperidine rings is 2. The summed E-state index contributed by atoms with van der Waals surface area (Å²) in [6, 6.07) is 16.5. The molecule has 6 nitrogen and oxygen atoms in total. The highest BCUT2D eigenvalue weighted by Gasteiger charge is 2.55. The van der Waals surface area contributed by atoms with Gasteiger partial charge in [-0.2, -0.15) is 0 Å². The summed E-state index contributed by atoms with van der Waals surface area (Å²) in [5.74, 6) is 0.415. The number of amides is 1. The van der Waals surface area contributed by atoms with E-state index in [1.54, 1.807) is 12.4 Å². The molecule has 4 bridgehead atoms. The predicted octanol–water partition coefficient (Wildman–Crippen LogP) is 1.93. The molecule has 0 radical (unpaired) electrons. The predicted molar refractivity (Wildman–Crippen MR) is 115 cm³/mol. The van der Waals surface area contributed by atoms with E-state index in [0.717, 1.165) is 50.3 Å². The van der Waals surface area contributed by atoms with Crippen molar-refractivity contribution in [3.8, 4) is 0 Å². The minimum Gasteiger partial charge on any atom is -0.348 e.